The van der Waals surface area contributed by atoms with Gasteiger partial charge in [0.15, 0.2) is 0 Å². The average molecular weight is 229 g/mol. The highest BCUT2D eigenvalue weighted by molar-refractivity contribution is 7.90. The zero-order valence-electron chi connectivity index (χ0n) is 9.92. The first-order valence-corrected chi connectivity index (χ1v) is 6.15. The van der Waals surface area contributed by atoms with Gasteiger partial charge in [-0.15, -0.1) is 4.72 Å². The van der Waals surface area contributed by atoms with Crippen molar-refractivity contribution in [2.45, 2.75) is 45.4 Å². The fourth-order valence-electron chi connectivity index (χ4n) is 1.19. The first-order chi connectivity index (χ1) is 6.82. The van der Waals surface area contributed by atoms with Gasteiger partial charge in [-0.1, -0.05) is 0 Å². The number of hydrogen-bond donors (Lipinski definition) is 2. The molecule has 1 rings (SSSR count). The Morgan fingerprint density at radius 1 is 1.53 bits per heavy atom. The first kappa shape index (κ1) is 12.5. The van der Waals surface area contributed by atoms with Crippen molar-refractivity contribution in [3.63, 3.8) is 0 Å². The molecule has 0 bridgehead atoms. The molecule has 0 aliphatic carbocycles. The van der Waals surface area contributed by atoms with Gasteiger partial charge >= 0.3 is 0 Å². The van der Waals surface area contributed by atoms with Crippen LogP contribution in [-0.2, 0) is 11.4 Å². The SMILES string of the molecule is Cc1c[nH]nc1C(C)N[S+]([O-])C(C)(C)C. The minimum absolute atomic E-state index is 0.00342. The van der Waals surface area contributed by atoms with Crippen molar-refractivity contribution in [3.05, 3.63) is 17.5 Å². The second-order valence-corrected chi connectivity index (χ2v) is 6.67. The Morgan fingerprint density at radius 2 is 2.13 bits per heavy atom. The third-order valence-corrected chi connectivity index (χ3v) is 3.80. The van der Waals surface area contributed by atoms with E-state index in [1.54, 1.807) is 0 Å². The molecule has 0 saturated heterocycles. The van der Waals surface area contributed by atoms with E-state index in [1.165, 1.54) is 0 Å². The average Bonchev–Trinajstić information content (AvgIpc) is 2.49. The predicted octanol–water partition coefficient (Wildman–Crippen LogP) is 1.83. The topological polar surface area (TPSA) is 63.8 Å². The van der Waals surface area contributed by atoms with Crippen LogP contribution in [0.1, 0.15) is 45.0 Å². The van der Waals surface area contributed by atoms with Gasteiger partial charge in [-0.3, -0.25) is 5.10 Å². The Morgan fingerprint density at radius 3 is 2.53 bits per heavy atom. The van der Waals surface area contributed by atoms with Crippen molar-refractivity contribution in [2.75, 3.05) is 0 Å². The Labute approximate surface area is 94.2 Å². The van der Waals surface area contributed by atoms with E-state index in [1.807, 2.05) is 40.8 Å². The maximum Gasteiger partial charge on any atom is 0.136 e. The van der Waals surface area contributed by atoms with E-state index >= 15 is 0 Å². The quantitative estimate of drug-likeness (QED) is 0.777. The molecule has 0 radical (unpaired) electrons. The molecule has 0 aliphatic rings. The third kappa shape index (κ3) is 3.22. The molecule has 4 nitrogen and oxygen atoms in total. The number of H-pyrrole nitrogens is 1. The molecule has 5 heteroatoms. The van der Waals surface area contributed by atoms with Crippen LogP contribution >= 0.6 is 0 Å². The van der Waals surface area contributed by atoms with Crippen molar-refractivity contribution < 1.29 is 4.55 Å². The van der Waals surface area contributed by atoms with Gasteiger partial charge in [-0.2, -0.15) is 5.10 Å². The number of aromatic amines is 1. The van der Waals surface area contributed by atoms with Crippen molar-refractivity contribution in [1.29, 1.82) is 0 Å². The molecule has 1 heterocycles. The van der Waals surface area contributed by atoms with Crippen molar-refractivity contribution in [1.82, 2.24) is 14.9 Å². The highest BCUT2D eigenvalue weighted by Gasteiger charge is 2.29. The molecule has 2 unspecified atom stereocenters. The zero-order chi connectivity index (χ0) is 11.6. The summed E-state index contributed by atoms with van der Waals surface area (Å²) >= 11 is -1.06. The van der Waals surface area contributed by atoms with E-state index in [9.17, 15) is 4.55 Å². The van der Waals surface area contributed by atoms with Gasteiger partial charge < -0.3 is 4.55 Å². The fraction of sp³-hybridized carbons (Fsp3) is 0.700. The van der Waals surface area contributed by atoms with E-state index in [0.717, 1.165) is 11.3 Å². The van der Waals surface area contributed by atoms with Crippen LogP contribution in [0.25, 0.3) is 0 Å². The molecule has 0 aliphatic heterocycles. The van der Waals surface area contributed by atoms with Crippen LogP contribution in [0.3, 0.4) is 0 Å². The molecular weight excluding hydrogens is 210 g/mol. The second kappa shape index (κ2) is 4.55. The summed E-state index contributed by atoms with van der Waals surface area (Å²) in [7, 11) is 0. The van der Waals surface area contributed by atoms with Gasteiger partial charge in [-0.05, 0) is 40.2 Å². The maximum atomic E-state index is 11.8. The lowest BCUT2D eigenvalue weighted by Gasteiger charge is -2.26. The van der Waals surface area contributed by atoms with Crippen molar-refractivity contribution in [2.24, 2.45) is 0 Å². The molecule has 1 aromatic heterocycles. The van der Waals surface area contributed by atoms with Gasteiger partial charge in [0.25, 0.3) is 0 Å². The summed E-state index contributed by atoms with van der Waals surface area (Å²) in [5, 5.41) is 6.93. The summed E-state index contributed by atoms with van der Waals surface area (Å²) in [6, 6.07) is -0.00342. The highest BCUT2D eigenvalue weighted by Crippen LogP contribution is 2.19. The Bertz CT molecular complexity index is 319. The molecule has 86 valence electrons. The van der Waals surface area contributed by atoms with Crippen LogP contribution < -0.4 is 4.72 Å². The van der Waals surface area contributed by atoms with Gasteiger partial charge in [0.1, 0.15) is 4.75 Å². The summed E-state index contributed by atoms with van der Waals surface area (Å²) < 4.78 is 14.6. The molecule has 2 atom stereocenters. The zero-order valence-corrected chi connectivity index (χ0v) is 10.7. The molecule has 0 aromatic carbocycles. The lowest BCUT2D eigenvalue weighted by atomic mass is 10.2. The summed E-state index contributed by atoms with van der Waals surface area (Å²) in [5.41, 5.74) is 2.01. The lowest BCUT2D eigenvalue weighted by Crippen LogP contribution is -2.40. The molecule has 0 spiro atoms. The first-order valence-electron chi connectivity index (χ1n) is 5.00. The van der Waals surface area contributed by atoms with E-state index in [4.69, 9.17) is 0 Å². The lowest BCUT2D eigenvalue weighted by molar-refractivity contribution is 0.528. The van der Waals surface area contributed by atoms with Crippen LogP contribution in [0, 0.1) is 6.92 Å². The number of nitrogens with zero attached hydrogens (tertiary/aromatic N) is 1. The summed E-state index contributed by atoms with van der Waals surface area (Å²) in [5.74, 6) is 0. The molecule has 0 saturated carbocycles. The number of rotatable bonds is 3. The Balaban J connectivity index is 2.64. The smallest absolute Gasteiger partial charge is 0.136 e. The summed E-state index contributed by atoms with van der Waals surface area (Å²) in [6.45, 7) is 9.78. The van der Waals surface area contributed by atoms with Crippen LogP contribution in [0.15, 0.2) is 6.20 Å². The van der Waals surface area contributed by atoms with Crippen LogP contribution in [0.4, 0.5) is 0 Å². The predicted molar refractivity (Wildman–Crippen MR) is 62.8 cm³/mol. The van der Waals surface area contributed by atoms with Gasteiger partial charge in [0, 0.05) is 17.6 Å². The van der Waals surface area contributed by atoms with E-state index in [0.29, 0.717) is 0 Å². The number of hydrogen-bond acceptors (Lipinski definition) is 3. The van der Waals surface area contributed by atoms with Gasteiger partial charge in [-0.25, -0.2) is 0 Å². The molecule has 0 fully saturated rings. The third-order valence-electron chi connectivity index (χ3n) is 2.12. The van der Waals surface area contributed by atoms with E-state index in [2.05, 4.69) is 14.9 Å². The van der Waals surface area contributed by atoms with E-state index < -0.39 is 11.4 Å². The molecule has 1 aromatic rings. The molecular formula is C10H19N3OS. The fourth-order valence-corrected chi connectivity index (χ4v) is 1.98. The molecule has 15 heavy (non-hydrogen) atoms. The monoisotopic (exact) mass is 229 g/mol. The minimum atomic E-state index is -1.06. The van der Waals surface area contributed by atoms with Crippen molar-refractivity contribution in [3.8, 4) is 0 Å². The minimum Gasteiger partial charge on any atom is -0.598 e. The largest absolute Gasteiger partial charge is 0.598 e. The van der Waals surface area contributed by atoms with Crippen LogP contribution in [0.2, 0.25) is 0 Å². The second-order valence-electron chi connectivity index (χ2n) is 4.67. The number of nitrogens with one attached hydrogen (secondary N) is 2. The molecule has 2 N–H and O–H groups in total. The number of aromatic nitrogens is 2. The number of aryl methyl sites for hydroxylation is 1. The maximum absolute atomic E-state index is 11.8. The summed E-state index contributed by atoms with van der Waals surface area (Å²) in [6.07, 6.45) is 1.84. The van der Waals surface area contributed by atoms with Crippen LogP contribution in [-0.4, -0.2) is 19.5 Å². The van der Waals surface area contributed by atoms with Gasteiger partial charge in [0.05, 0.1) is 11.7 Å². The highest BCUT2D eigenvalue weighted by atomic mass is 32.2. The molecule has 0 amide bonds. The Kier molecular flexibility index (Phi) is 3.81. The van der Waals surface area contributed by atoms with E-state index in [-0.39, 0.29) is 10.8 Å². The normalized spacial score (nSPS) is 16.4. The standard InChI is InChI=1S/C10H19N3OS/c1-7-6-11-12-9(7)8(2)13-15(14)10(3,4)5/h6,8,13H,1-5H3,(H,11,12). The summed E-state index contributed by atoms with van der Waals surface area (Å²) in [4.78, 5) is 0. The van der Waals surface area contributed by atoms with Gasteiger partial charge in [0.2, 0.25) is 0 Å². The van der Waals surface area contributed by atoms with Crippen LogP contribution in [0.5, 0.6) is 0 Å². The van der Waals surface area contributed by atoms with Crippen molar-refractivity contribution >= 4 is 11.4 Å². The Hall–Kier alpha value is -0.520.